The van der Waals surface area contributed by atoms with Crippen molar-refractivity contribution >= 4 is 0 Å². The van der Waals surface area contributed by atoms with Crippen LogP contribution in [0.4, 0.5) is 0 Å². The van der Waals surface area contributed by atoms with E-state index in [4.69, 9.17) is 4.74 Å². The monoisotopic (exact) mass is 261 g/mol. The van der Waals surface area contributed by atoms with E-state index in [9.17, 15) is 5.11 Å². The minimum absolute atomic E-state index is 0.408. The molecular formula is C16H23NO2. The van der Waals surface area contributed by atoms with Crippen LogP contribution < -0.4 is 5.32 Å². The van der Waals surface area contributed by atoms with Gasteiger partial charge in [0.1, 0.15) is 5.75 Å². The highest BCUT2D eigenvalue weighted by Crippen LogP contribution is 2.36. The van der Waals surface area contributed by atoms with Crippen LogP contribution in [0.25, 0.3) is 0 Å². The summed E-state index contributed by atoms with van der Waals surface area (Å²) in [5.74, 6) is 0.456. The number of nitrogens with one attached hydrogen (secondary N) is 1. The number of benzene rings is 1. The van der Waals surface area contributed by atoms with E-state index < -0.39 is 0 Å². The molecule has 0 amide bonds. The SMILES string of the molecule is Oc1cccc2c1CCC2NCCC1CCCCO1. The maximum absolute atomic E-state index is 9.83. The van der Waals surface area contributed by atoms with Crippen LogP contribution in [-0.2, 0) is 11.2 Å². The highest BCUT2D eigenvalue weighted by Gasteiger charge is 2.24. The van der Waals surface area contributed by atoms with Gasteiger partial charge in [-0.25, -0.2) is 0 Å². The average molecular weight is 261 g/mol. The Kier molecular flexibility index (Phi) is 4.04. The van der Waals surface area contributed by atoms with Gasteiger partial charge in [0.15, 0.2) is 0 Å². The third-order valence-electron chi connectivity index (χ3n) is 4.38. The molecule has 2 N–H and O–H groups in total. The lowest BCUT2D eigenvalue weighted by Crippen LogP contribution is -2.27. The summed E-state index contributed by atoms with van der Waals surface area (Å²) in [6, 6.07) is 6.28. The number of aromatic hydroxyl groups is 1. The third-order valence-corrected chi connectivity index (χ3v) is 4.38. The number of hydrogen-bond donors (Lipinski definition) is 2. The smallest absolute Gasteiger partial charge is 0.119 e. The predicted molar refractivity (Wildman–Crippen MR) is 75.4 cm³/mol. The second-order valence-corrected chi connectivity index (χ2v) is 5.67. The highest BCUT2D eigenvalue weighted by atomic mass is 16.5. The van der Waals surface area contributed by atoms with Crippen LogP contribution >= 0.6 is 0 Å². The first-order valence-electron chi connectivity index (χ1n) is 7.50. The second kappa shape index (κ2) is 5.93. The van der Waals surface area contributed by atoms with Gasteiger partial charge < -0.3 is 15.2 Å². The zero-order chi connectivity index (χ0) is 13.1. The summed E-state index contributed by atoms with van der Waals surface area (Å²) in [5.41, 5.74) is 2.42. The minimum Gasteiger partial charge on any atom is -0.508 e. The van der Waals surface area contributed by atoms with Gasteiger partial charge in [-0.15, -0.1) is 0 Å². The summed E-state index contributed by atoms with van der Waals surface area (Å²) >= 11 is 0. The van der Waals surface area contributed by atoms with Crippen molar-refractivity contribution < 1.29 is 9.84 Å². The molecule has 3 heteroatoms. The molecule has 1 heterocycles. The molecule has 1 aromatic carbocycles. The van der Waals surface area contributed by atoms with Gasteiger partial charge in [-0.05, 0) is 62.3 Å². The maximum atomic E-state index is 9.83. The molecule has 3 nitrogen and oxygen atoms in total. The zero-order valence-electron chi connectivity index (χ0n) is 11.4. The molecule has 1 aliphatic heterocycles. The van der Waals surface area contributed by atoms with Crippen molar-refractivity contribution in [1.82, 2.24) is 5.32 Å². The average Bonchev–Trinajstić information content (AvgIpc) is 2.85. The van der Waals surface area contributed by atoms with E-state index in [1.807, 2.05) is 6.07 Å². The summed E-state index contributed by atoms with van der Waals surface area (Å²) in [7, 11) is 0. The molecule has 0 spiro atoms. The number of phenolic OH excluding ortho intramolecular Hbond substituents is 1. The van der Waals surface area contributed by atoms with Crippen molar-refractivity contribution in [2.45, 2.75) is 50.7 Å². The van der Waals surface area contributed by atoms with Gasteiger partial charge in [-0.2, -0.15) is 0 Å². The van der Waals surface area contributed by atoms with Gasteiger partial charge >= 0.3 is 0 Å². The fraction of sp³-hybridized carbons (Fsp3) is 0.625. The second-order valence-electron chi connectivity index (χ2n) is 5.67. The Labute approximate surface area is 115 Å². The Balaban J connectivity index is 1.51. The Morgan fingerprint density at radius 2 is 2.21 bits per heavy atom. The fourth-order valence-corrected chi connectivity index (χ4v) is 3.30. The Bertz CT molecular complexity index is 427. The number of fused-ring (bicyclic) bond motifs is 1. The van der Waals surface area contributed by atoms with E-state index in [1.165, 1.54) is 24.8 Å². The van der Waals surface area contributed by atoms with Gasteiger partial charge in [0.2, 0.25) is 0 Å². The first kappa shape index (κ1) is 12.9. The van der Waals surface area contributed by atoms with Gasteiger partial charge in [-0.3, -0.25) is 0 Å². The van der Waals surface area contributed by atoms with Crippen LogP contribution in [0, 0.1) is 0 Å². The summed E-state index contributed by atoms with van der Waals surface area (Å²) < 4.78 is 5.75. The molecule has 0 saturated carbocycles. The van der Waals surface area contributed by atoms with E-state index >= 15 is 0 Å². The van der Waals surface area contributed by atoms with Crippen LogP contribution in [0.5, 0.6) is 5.75 Å². The van der Waals surface area contributed by atoms with E-state index in [-0.39, 0.29) is 0 Å². The molecule has 0 aromatic heterocycles. The molecule has 1 aliphatic carbocycles. The van der Waals surface area contributed by atoms with E-state index in [1.54, 1.807) is 6.07 Å². The standard InChI is InChI=1S/C16H23NO2/c18-16-6-3-5-13-14(16)7-8-15(13)17-10-9-12-4-1-2-11-19-12/h3,5-6,12,15,17-18H,1-2,4,7-11H2. The Morgan fingerprint density at radius 3 is 3.05 bits per heavy atom. The van der Waals surface area contributed by atoms with Crippen LogP contribution in [0.1, 0.15) is 49.3 Å². The van der Waals surface area contributed by atoms with Crippen molar-refractivity contribution in [2.75, 3.05) is 13.2 Å². The first-order valence-corrected chi connectivity index (χ1v) is 7.50. The van der Waals surface area contributed by atoms with Crippen LogP contribution in [0.2, 0.25) is 0 Å². The Hall–Kier alpha value is -1.06. The maximum Gasteiger partial charge on any atom is 0.119 e. The normalized spacial score (nSPS) is 26.3. The van der Waals surface area contributed by atoms with Crippen molar-refractivity contribution in [2.24, 2.45) is 0 Å². The lowest BCUT2D eigenvalue weighted by atomic mass is 10.1. The zero-order valence-corrected chi connectivity index (χ0v) is 11.4. The topological polar surface area (TPSA) is 41.5 Å². The summed E-state index contributed by atoms with van der Waals surface area (Å²) in [5, 5.41) is 13.5. The van der Waals surface area contributed by atoms with E-state index in [0.29, 0.717) is 17.9 Å². The predicted octanol–water partition coefficient (Wildman–Crippen LogP) is 2.93. The molecule has 3 rings (SSSR count). The molecule has 2 unspecified atom stereocenters. The third kappa shape index (κ3) is 2.93. The molecule has 0 radical (unpaired) electrons. The minimum atomic E-state index is 0.408. The number of rotatable bonds is 4. The van der Waals surface area contributed by atoms with Crippen molar-refractivity contribution in [3.05, 3.63) is 29.3 Å². The molecule has 1 aromatic rings. The number of ether oxygens (including phenoxy) is 1. The quantitative estimate of drug-likeness (QED) is 0.875. The van der Waals surface area contributed by atoms with Crippen molar-refractivity contribution in [3.8, 4) is 5.75 Å². The van der Waals surface area contributed by atoms with Crippen molar-refractivity contribution in [3.63, 3.8) is 0 Å². The molecule has 1 saturated heterocycles. The summed E-state index contributed by atoms with van der Waals surface area (Å²) in [4.78, 5) is 0. The van der Waals surface area contributed by atoms with Gasteiger partial charge in [-0.1, -0.05) is 12.1 Å². The number of hydrogen-bond acceptors (Lipinski definition) is 3. The molecule has 2 aliphatic rings. The first-order chi connectivity index (χ1) is 9.34. The molecule has 19 heavy (non-hydrogen) atoms. The molecular weight excluding hydrogens is 238 g/mol. The summed E-state index contributed by atoms with van der Waals surface area (Å²) in [6.45, 7) is 1.94. The lowest BCUT2D eigenvalue weighted by molar-refractivity contribution is 0.0112. The van der Waals surface area contributed by atoms with Crippen LogP contribution in [-0.4, -0.2) is 24.4 Å². The van der Waals surface area contributed by atoms with E-state index in [2.05, 4.69) is 11.4 Å². The lowest BCUT2D eigenvalue weighted by Gasteiger charge is -2.23. The molecule has 0 bridgehead atoms. The molecule has 104 valence electrons. The van der Waals surface area contributed by atoms with E-state index in [0.717, 1.165) is 38.0 Å². The van der Waals surface area contributed by atoms with Crippen LogP contribution in [0.15, 0.2) is 18.2 Å². The number of phenols is 1. The Morgan fingerprint density at radius 1 is 1.26 bits per heavy atom. The van der Waals surface area contributed by atoms with Crippen molar-refractivity contribution in [1.29, 1.82) is 0 Å². The molecule has 1 fully saturated rings. The molecule has 2 atom stereocenters. The largest absolute Gasteiger partial charge is 0.508 e. The summed E-state index contributed by atoms with van der Waals surface area (Å²) in [6.07, 6.45) is 7.38. The van der Waals surface area contributed by atoms with Gasteiger partial charge in [0, 0.05) is 12.6 Å². The fourth-order valence-electron chi connectivity index (χ4n) is 3.30. The van der Waals surface area contributed by atoms with Gasteiger partial charge in [0.25, 0.3) is 0 Å². The van der Waals surface area contributed by atoms with Crippen LogP contribution in [0.3, 0.4) is 0 Å². The van der Waals surface area contributed by atoms with Gasteiger partial charge in [0.05, 0.1) is 6.10 Å². The highest BCUT2D eigenvalue weighted by molar-refractivity contribution is 5.44.